The second kappa shape index (κ2) is 140. The fraction of sp³-hybridized carbons (Fsp3) is 0.100. The summed E-state index contributed by atoms with van der Waals surface area (Å²) >= 11 is 0. The molecule has 0 saturated heterocycles. The minimum atomic E-state index is -1.44. The molecule has 0 radical (unpaired) electrons. The second-order valence-electron chi connectivity index (χ2n) is 0.530. The smallest absolute Gasteiger partial charge is 0.548 e. The summed E-state index contributed by atoms with van der Waals surface area (Å²) in [6, 6.07) is 0. The summed E-state index contributed by atoms with van der Waals surface area (Å²) in [4.78, 5) is 9.01. The first kappa shape index (κ1) is 37.6. The molecule has 3 nitrogen and oxygen atoms in total. The number of carbonyl (C=O) groups is 1. The van der Waals surface area contributed by atoms with Crippen molar-refractivity contribution < 1.29 is 44.6 Å². The fourth-order valence-electron chi connectivity index (χ4n) is 0. The molecule has 0 aliphatic heterocycles. The minimum Gasteiger partial charge on any atom is -0.548 e. The van der Waals surface area contributed by atoms with Gasteiger partial charge in [0.25, 0.3) is 0 Å². The van der Waals surface area contributed by atoms with Gasteiger partial charge >= 0.3 is 29.6 Å². The predicted molar refractivity (Wildman–Crippen MR) is 57.1 cm³/mol. The Morgan fingerprint density at radius 1 is 0.929 bits per heavy atom. The number of rotatable bonds is 1. The number of aliphatic hydroxyl groups excluding tert-OH is 1. The van der Waals surface area contributed by atoms with Gasteiger partial charge in [-0.15, -0.1) is 52.6 Å². The van der Waals surface area contributed by atoms with Crippen LogP contribution in [-0.4, -0.2) is 17.7 Å². The fourth-order valence-corrected chi connectivity index (χ4v) is 0. The molecule has 0 aliphatic rings. The Bertz CT molecular complexity index is 79.4. The first-order valence-corrected chi connectivity index (χ1v) is 3.08. The maximum absolute atomic E-state index is 9.01. The standard InChI is InChI=1S/C2H4O3.4C2H4.Na/c3-1-2(4)5;4*1-2;/h3H,1H2,(H,4,5);4*1-2H2;/q;;;;;+1/p-1. The van der Waals surface area contributed by atoms with E-state index < -0.39 is 12.6 Å². The van der Waals surface area contributed by atoms with Crippen LogP contribution in [0.5, 0.6) is 0 Å². The predicted octanol–water partition coefficient (Wildman–Crippen LogP) is -2.06. The average molecular weight is 210 g/mol. The van der Waals surface area contributed by atoms with Crippen LogP contribution in [0.1, 0.15) is 0 Å². The summed E-state index contributed by atoms with van der Waals surface area (Å²) in [5.74, 6) is -1.44. The van der Waals surface area contributed by atoms with Crippen LogP contribution in [-0.2, 0) is 4.79 Å². The number of carboxylic acid groups (broad SMARTS) is 1. The van der Waals surface area contributed by atoms with Crippen LogP contribution < -0.4 is 34.7 Å². The molecule has 0 aromatic rings. The molecular formula is C10H19NaO3. The van der Waals surface area contributed by atoms with Gasteiger partial charge in [0.1, 0.15) is 0 Å². The Kier molecular flexibility index (Phi) is 376. The normalized spacial score (nSPS) is 3.79. The van der Waals surface area contributed by atoms with Crippen molar-refractivity contribution in [3.05, 3.63) is 52.6 Å². The third-order valence-electron chi connectivity index (χ3n) is 0.129. The van der Waals surface area contributed by atoms with Crippen molar-refractivity contribution in [2.45, 2.75) is 0 Å². The Balaban J connectivity index is -0.0000000156. The summed E-state index contributed by atoms with van der Waals surface area (Å²) < 4.78 is 0. The number of aliphatic carboxylic acids is 1. The molecule has 78 valence electrons. The maximum Gasteiger partial charge on any atom is 1.00 e. The zero-order chi connectivity index (χ0) is 12.3. The number of hydrogen-bond donors (Lipinski definition) is 1. The van der Waals surface area contributed by atoms with Crippen molar-refractivity contribution in [3.8, 4) is 0 Å². The molecule has 0 aromatic carbocycles. The van der Waals surface area contributed by atoms with Crippen LogP contribution in [0.4, 0.5) is 0 Å². The zero-order valence-corrected chi connectivity index (χ0v) is 11.1. The van der Waals surface area contributed by atoms with E-state index in [9.17, 15) is 0 Å². The van der Waals surface area contributed by atoms with E-state index in [-0.39, 0.29) is 29.6 Å². The van der Waals surface area contributed by atoms with Gasteiger partial charge in [0.2, 0.25) is 0 Å². The molecule has 0 unspecified atom stereocenters. The van der Waals surface area contributed by atoms with Crippen molar-refractivity contribution in [2.75, 3.05) is 6.61 Å². The summed E-state index contributed by atoms with van der Waals surface area (Å²) in [5, 5.41) is 16.5. The number of aliphatic hydroxyl groups is 1. The number of carboxylic acids is 1. The molecule has 0 saturated carbocycles. The van der Waals surface area contributed by atoms with Gasteiger partial charge in [-0.3, -0.25) is 0 Å². The quantitative estimate of drug-likeness (QED) is 0.400. The maximum atomic E-state index is 9.01. The summed E-state index contributed by atoms with van der Waals surface area (Å²) in [6.07, 6.45) is 0. The molecule has 0 spiro atoms. The zero-order valence-electron chi connectivity index (χ0n) is 9.13. The minimum absolute atomic E-state index is 0. The molecule has 0 aliphatic carbocycles. The Morgan fingerprint density at radius 3 is 1.00 bits per heavy atom. The molecule has 0 atom stereocenters. The topological polar surface area (TPSA) is 60.4 Å². The van der Waals surface area contributed by atoms with Gasteiger partial charge in [-0.05, 0) is 0 Å². The van der Waals surface area contributed by atoms with Gasteiger partial charge < -0.3 is 15.0 Å². The number of hydrogen-bond acceptors (Lipinski definition) is 3. The van der Waals surface area contributed by atoms with Gasteiger partial charge in [-0.2, -0.15) is 0 Å². The second-order valence-corrected chi connectivity index (χ2v) is 0.530. The van der Waals surface area contributed by atoms with Gasteiger partial charge in [0.15, 0.2) is 0 Å². The molecule has 0 rings (SSSR count). The Hall–Kier alpha value is -0.610. The number of carbonyl (C=O) groups excluding carboxylic acids is 1. The van der Waals surface area contributed by atoms with Crippen LogP contribution >= 0.6 is 0 Å². The van der Waals surface area contributed by atoms with Crippen LogP contribution in [0.3, 0.4) is 0 Å². The monoisotopic (exact) mass is 210 g/mol. The Morgan fingerprint density at radius 2 is 1.00 bits per heavy atom. The summed E-state index contributed by atoms with van der Waals surface area (Å²) in [5.41, 5.74) is 0. The molecule has 0 aromatic heterocycles. The molecular weight excluding hydrogens is 191 g/mol. The molecule has 4 heteroatoms. The van der Waals surface area contributed by atoms with Crippen molar-refractivity contribution >= 4 is 5.97 Å². The van der Waals surface area contributed by atoms with Crippen LogP contribution in [0.15, 0.2) is 52.6 Å². The third-order valence-corrected chi connectivity index (χ3v) is 0.129. The average Bonchev–Trinajstić information content (AvgIpc) is 2.29. The van der Waals surface area contributed by atoms with Crippen LogP contribution in [0.25, 0.3) is 0 Å². The van der Waals surface area contributed by atoms with E-state index in [2.05, 4.69) is 52.6 Å². The molecule has 0 fully saturated rings. The van der Waals surface area contributed by atoms with Crippen molar-refractivity contribution in [2.24, 2.45) is 0 Å². The first-order valence-electron chi connectivity index (χ1n) is 3.08. The van der Waals surface area contributed by atoms with Gasteiger partial charge in [-0.1, -0.05) is 0 Å². The van der Waals surface area contributed by atoms with Gasteiger partial charge in [0, 0.05) is 0 Å². The van der Waals surface area contributed by atoms with Gasteiger partial charge in [-0.25, -0.2) is 0 Å². The van der Waals surface area contributed by atoms with E-state index >= 15 is 0 Å². The molecule has 1 N–H and O–H groups in total. The van der Waals surface area contributed by atoms with Crippen molar-refractivity contribution in [1.29, 1.82) is 0 Å². The summed E-state index contributed by atoms with van der Waals surface area (Å²) in [7, 11) is 0. The largest absolute Gasteiger partial charge is 1.00 e. The van der Waals surface area contributed by atoms with Gasteiger partial charge in [0.05, 0.1) is 12.6 Å². The summed E-state index contributed by atoms with van der Waals surface area (Å²) in [6.45, 7) is 23.1. The first-order chi connectivity index (χ1) is 6.27. The molecule has 14 heavy (non-hydrogen) atoms. The van der Waals surface area contributed by atoms with E-state index in [1.807, 2.05) is 0 Å². The van der Waals surface area contributed by atoms with E-state index in [0.717, 1.165) is 0 Å². The Labute approximate surface area is 109 Å². The van der Waals surface area contributed by atoms with E-state index in [0.29, 0.717) is 0 Å². The van der Waals surface area contributed by atoms with Crippen LogP contribution in [0, 0.1) is 0 Å². The van der Waals surface area contributed by atoms with Crippen LogP contribution in [0.2, 0.25) is 0 Å². The molecule has 0 bridgehead atoms. The van der Waals surface area contributed by atoms with Crippen molar-refractivity contribution in [3.63, 3.8) is 0 Å². The SMILES string of the molecule is C=C.C=C.C=C.C=C.O=C([O-])CO.[Na+]. The molecule has 0 heterocycles. The third kappa shape index (κ3) is 636. The molecule has 0 amide bonds. The van der Waals surface area contributed by atoms with E-state index in [1.54, 1.807) is 0 Å². The van der Waals surface area contributed by atoms with Crippen molar-refractivity contribution in [1.82, 2.24) is 0 Å². The van der Waals surface area contributed by atoms with E-state index in [1.165, 1.54) is 0 Å². The van der Waals surface area contributed by atoms with E-state index in [4.69, 9.17) is 15.0 Å².